The number of benzene rings is 1. The second-order valence-electron chi connectivity index (χ2n) is 4.41. The lowest BCUT2D eigenvalue weighted by Gasteiger charge is -2.13. The molecular weight excluding hydrogens is 366 g/mol. The Bertz CT molecular complexity index is 707. The van der Waals surface area contributed by atoms with Crippen LogP contribution in [-0.4, -0.2) is 42.8 Å². The molecule has 0 amide bonds. The van der Waals surface area contributed by atoms with Gasteiger partial charge in [-0.15, -0.1) is 12.4 Å². The lowest BCUT2D eigenvalue weighted by molar-refractivity contribution is 0.402. The fourth-order valence-electron chi connectivity index (χ4n) is 1.59. The number of nitrogens with one attached hydrogen (secondary N) is 2. The summed E-state index contributed by atoms with van der Waals surface area (Å²) in [6.45, 7) is 2.09. The van der Waals surface area contributed by atoms with E-state index in [9.17, 15) is 16.8 Å². The zero-order valence-corrected chi connectivity index (χ0v) is 15.4. The van der Waals surface area contributed by atoms with Crippen molar-refractivity contribution >= 4 is 38.1 Å². The summed E-state index contributed by atoms with van der Waals surface area (Å²) in [7, 11) is -5.89. The van der Waals surface area contributed by atoms with Gasteiger partial charge in [0.2, 0.25) is 20.0 Å². The fraction of sp³-hybridized carbons (Fsp3) is 0.500. The molecule has 0 radical (unpaired) electrons. The Balaban J connectivity index is 0.00000484. The van der Waals surface area contributed by atoms with Gasteiger partial charge in [-0.2, -0.15) is 0 Å². The summed E-state index contributed by atoms with van der Waals surface area (Å²) in [6, 6.07) is 3.98. The van der Waals surface area contributed by atoms with E-state index in [1.165, 1.54) is 32.2 Å². The maximum atomic E-state index is 12.2. The zero-order valence-electron chi connectivity index (χ0n) is 12.9. The van der Waals surface area contributed by atoms with Crippen molar-refractivity contribution in [1.82, 2.24) is 4.72 Å². The molecule has 0 aliphatic rings. The van der Waals surface area contributed by atoms with Crippen LogP contribution in [0.4, 0.5) is 5.69 Å². The van der Waals surface area contributed by atoms with E-state index in [1.54, 1.807) is 0 Å². The highest BCUT2D eigenvalue weighted by atomic mass is 35.5. The Morgan fingerprint density at radius 3 is 2.39 bits per heavy atom. The van der Waals surface area contributed by atoms with Crippen LogP contribution in [0, 0.1) is 0 Å². The van der Waals surface area contributed by atoms with Crippen LogP contribution in [0.5, 0.6) is 5.75 Å². The van der Waals surface area contributed by atoms with Gasteiger partial charge in [-0.3, -0.25) is 4.72 Å². The van der Waals surface area contributed by atoms with Gasteiger partial charge in [0.15, 0.2) is 0 Å². The van der Waals surface area contributed by atoms with E-state index in [2.05, 4.69) is 9.44 Å². The maximum absolute atomic E-state index is 12.2. The minimum Gasteiger partial charge on any atom is -0.495 e. The lowest BCUT2D eigenvalue weighted by Crippen LogP contribution is -2.26. The van der Waals surface area contributed by atoms with Crippen LogP contribution in [0.25, 0.3) is 0 Å². The third kappa shape index (κ3) is 6.51. The molecule has 134 valence electrons. The van der Waals surface area contributed by atoms with Gasteiger partial charge in [0, 0.05) is 12.6 Å². The van der Waals surface area contributed by atoms with Crippen LogP contribution in [-0.2, 0) is 20.0 Å². The van der Waals surface area contributed by atoms with Crippen LogP contribution in [0.2, 0.25) is 0 Å². The number of halogens is 1. The van der Waals surface area contributed by atoms with Crippen LogP contribution in [0.3, 0.4) is 0 Å². The number of rotatable bonds is 9. The first-order valence-corrected chi connectivity index (χ1v) is 9.77. The number of ether oxygens (including phenoxy) is 1. The molecule has 4 N–H and O–H groups in total. The number of hydrogen-bond donors (Lipinski definition) is 3. The standard InChI is InChI=1S/C12H21N3O5S2.ClH/c1-3-21(16,17)15-10-5-6-12(11(9-10)20-2)22(18,19)14-8-4-7-13;/h5-6,9,14-15H,3-4,7-8,13H2,1-2H3;1H. The van der Waals surface area contributed by atoms with Gasteiger partial charge in [0.05, 0.1) is 18.6 Å². The number of nitrogens with two attached hydrogens (primary N) is 1. The van der Waals surface area contributed by atoms with E-state index in [1.807, 2.05) is 0 Å². The minimum atomic E-state index is -3.75. The van der Waals surface area contributed by atoms with Gasteiger partial charge in [0.25, 0.3) is 0 Å². The minimum absolute atomic E-state index is 0. The van der Waals surface area contributed by atoms with Crippen molar-refractivity contribution in [1.29, 1.82) is 0 Å². The molecule has 1 aromatic carbocycles. The van der Waals surface area contributed by atoms with Crippen molar-refractivity contribution in [2.45, 2.75) is 18.2 Å². The summed E-state index contributed by atoms with van der Waals surface area (Å²) in [5, 5.41) is 0. The Morgan fingerprint density at radius 1 is 1.22 bits per heavy atom. The van der Waals surface area contributed by atoms with Crippen molar-refractivity contribution in [3.05, 3.63) is 18.2 Å². The molecule has 0 unspecified atom stereocenters. The first kappa shape index (κ1) is 21.9. The average molecular weight is 388 g/mol. The molecule has 0 heterocycles. The Kier molecular flexibility index (Phi) is 8.85. The third-order valence-electron chi connectivity index (χ3n) is 2.78. The number of sulfonamides is 2. The van der Waals surface area contributed by atoms with Crippen LogP contribution >= 0.6 is 12.4 Å². The van der Waals surface area contributed by atoms with Gasteiger partial charge in [0.1, 0.15) is 10.6 Å². The quantitative estimate of drug-likeness (QED) is 0.529. The maximum Gasteiger partial charge on any atom is 0.244 e. The number of hydrogen-bond acceptors (Lipinski definition) is 6. The van der Waals surface area contributed by atoms with Crippen molar-refractivity contribution < 1.29 is 21.6 Å². The molecule has 0 saturated carbocycles. The Hall–Kier alpha value is -1.07. The summed E-state index contributed by atoms with van der Waals surface area (Å²) < 4.78 is 57.2. The van der Waals surface area contributed by atoms with Crippen molar-refractivity contribution in [3.63, 3.8) is 0 Å². The lowest BCUT2D eigenvalue weighted by atomic mass is 10.3. The first-order chi connectivity index (χ1) is 10.3. The van der Waals surface area contributed by atoms with E-state index >= 15 is 0 Å². The van der Waals surface area contributed by atoms with Gasteiger partial charge < -0.3 is 10.5 Å². The smallest absolute Gasteiger partial charge is 0.244 e. The number of anilines is 1. The molecule has 0 aliphatic heterocycles. The first-order valence-electron chi connectivity index (χ1n) is 6.64. The molecule has 0 atom stereocenters. The molecule has 0 saturated heterocycles. The Labute approximate surface area is 143 Å². The van der Waals surface area contributed by atoms with Gasteiger partial charge in [-0.25, -0.2) is 21.6 Å². The largest absolute Gasteiger partial charge is 0.495 e. The van der Waals surface area contributed by atoms with Gasteiger partial charge in [-0.1, -0.05) is 0 Å². The topological polar surface area (TPSA) is 128 Å². The molecule has 0 aromatic heterocycles. The second-order valence-corrected chi connectivity index (χ2v) is 8.16. The SMILES string of the molecule is CCS(=O)(=O)Nc1ccc(S(=O)(=O)NCCCN)c(OC)c1.Cl. The third-order valence-corrected chi connectivity index (χ3v) is 5.59. The number of methoxy groups -OCH3 is 1. The van der Waals surface area contributed by atoms with E-state index < -0.39 is 20.0 Å². The van der Waals surface area contributed by atoms with Crippen LogP contribution in [0.1, 0.15) is 13.3 Å². The highest BCUT2D eigenvalue weighted by Gasteiger charge is 2.20. The fourth-order valence-corrected chi connectivity index (χ4v) is 3.44. The van der Waals surface area contributed by atoms with Crippen LogP contribution in [0.15, 0.2) is 23.1 Å². The summed E-state index contributed by atoms with van der Waals surface area (Å²) >= 11 is 0. The van der Waals surface area contributed by atoms with E-state index in [0.717, 1.165) is 0 Å². The van der Waals surface area contributed by atoms with E-state index in [0.29, 0.717) is 13.0 Å². The van der Waals surface area contributed by atoms with Gasteiger partial charge in [-0.05, 0) is 32.0 Å². The van der Waals surface area contributed by atoms with Crippen molar-refractivity contribution in [3.8, 4) is 5.75 Å². The normalized spacial score (nSPS) is 11.6. The molecule has 8 nitrogen and oxygen atoms in total. The summed E-state index contributed by atoms with van der Waals surface area (Å²) in [5.41, 5.74) is 5.56. The summed E-state index contributed by atoms with van der Waals surface area (Å²) in [6.07, 6.45) is 0.510. The van der Waals surface area contributed by atoms with E-state index in [4.69, 9.17) is 10.5 Å². The highest BCUT2D eigenvalue weighted by molar-refractivity contribution is 7.92. The highest BCUT2D eigenvalue weighted by Crippen LogP contribution is 2.27. The molecule has 23 heavy (non-hydrogen) atoms. The second kappa shape index (κ2) is 9.28. The molecule has 1 aromatic rings. The van der Waals surface area contributed by atoms with E-state index in [-0.39, 0.29) is 41.0 Å². The monoisotopic (exact) mass is 387 g/mol. The molecule has 1 rings (SSSR count). The van der Waals surface area contributed by atoms with Crippen LogP contribution < -0.4 is 19.9 Å². The average Bonchev–Trinajstić information content (AvgIpc) is 2.46. The zero-order chi connectivity index (χ0) is 16.8. The molecule has 0 aliphatic carbocycles. The van der Waals surface area contributed by atoms with Gasteiger partial charge >= 0.3 is 0 Å². The predicted octanol–water partition coefficient (Wildman–Crippen LogP) is 0.506. The molecule has 0 fully saturated rings. The Morgan fingerprint density at radius 2 is 1.87 bits per heavy atom. The predicted molar refractivity (Wildman–Crippen MR) is 92.2 cm³/mol. The van der Waals surface area contributed by atoms with Crippen molar-refractivity contribution in [2.75, 3.05) is 30.7 Å². The summed E-state index contributed by atoms with van der Waals surface area (Å²) in [4.78, 5) is -0.0635. The molecule has 11 heteroatoms. The summed E-state index contributed by atoms with van der Waals surface area (Å²) in [5.74, 6) is -0.0349. The molecular formula is C12H22ClN3O5S2. The molecule has 0 spiro atoms. The molecule has 0 bridgehead atoms. The van der Waals surface area contributed by atoms with Crippen molar-refractivity contribution in [2.24, 2.45) is 5.73 Å².